The van der Waals surface area contributed by atoms with Crippen LogP contribution in [0.15, 0.2) is 47.8 Å². The molecule has 3 aromatic heterocycles. The van der Waals surface area contributed by atoms with Crippen LogP contribution in [-0.4, -0.2) is 20.7 Å². The minimum atomic E-state index is -0.178. The standard InChI is InChI=1S/C21H20N4OS/c1-13-6-8-16(9-7-13)25-20-19(15(3)24-25)14(2)11-18(23-20)21(26)22-12-17-5-4-10-27-17/h4-11H,12H2,1-3H3,(H,22,26). The number of nitrogens with zero attached hydrogens (tertiary/aromatic N) is 3. The number of nitrogens with one attached hydrogen (secondary N) is 1. The van der Waals surface area contributed by atoms with Gasteiger partial charge in [-0.1, -0.05) is 23.8 Å². The van der Waals surface area contributed by atoms with E-state index in [4.69, 9.17) is 0 Å². The maximum Gasteiger partial charge on any atom is 0.270 e. The second-order valence-electron chi connectivity index (χ2n) is 6.62. The monoisotopic (exact) mass is 376 g/mol. The topological polar surface area (TPSA) is 59.8 Å². The van der Waals surface area contributed by atoms with Gasteiger partial charge in [-0.2, -0.15) is 5.10 Å². The van der Waals surface area contributed by atoms with Crippen LogP contribution >= 0.6 is 11.3 Å². The van der Waals surface area contributed by atoms with Crippen molar-refractivity contribution in [2.75, 3.05) is 0 Å². The minimum Gasteiger partial charge on any atom is -0.346 e. The molecule has 0 saturated heterocycles. The summed E-state index contributed by atoms with van der Waals surface area (Å²) in [5.74, 6) is -0.178. The van der Waals surface area contributed by atoms with Gasteiger partial charge in [0.1, 0.15) is 5.69 Å². The van der Waals surface area contributed by atoms with E-state index in [1.165, 1.54) is 5.56 Å². The zero-order valence-electron chi connectivity index (χ0n) is 15.5. The Balaban J connectivity index is 1.74. The Hall–Kier alpha value is -2.99. The van der Waals surface area contributed by atoms with Crippen LogP contribution in [0.1, 0.15) is 32.2 Å². The summed E-state index contributed by atoms with van der Waals surface area (Å²) in [6, 6.07) is 13.9. The largest absolute Gasteiger partial charge is 0.346 e. The summed E-state index contributed by atoms with van der Waals surface area (Å²) in [6.07, 6.45) is 0. The van der Waals surface area contributed by atoms with E-state index in [2.05, 4.69) is 22.3 Å². The van der Waals surface area contributed by atoms with Gasteiger partial charge in [0.15, 0.2) is 5.65 Å². The van der Waals surface area contributed by atoms with E-state index in [0.717, 1.165) is 27.2 Å². The molecular formula is C21H20N4OS. The van der Waals surface area contributed by atoms with E-state index < -0.39 is 0 Å². The number of carbonyl (C=O) groups excluding carboxylic acids is 1. The first kappa shape index (κ1) is 17.4. The molecular weight excluding hydrogens is 356 g/mol. The highest BCUT2D eigenvalue weighted by Gasteiger charge is 2.17. The molecule has 6 heteroatoms. The van der Waals surface area contributed by atoms with Crippen molar-refractivity contribution in [1.82, 2.24) is 20.1 Å². The van der Waals surface area contributed by atoms with Crippen molar-refractivity contribution in [1.29, 1.82) is 0 Å². The van der Waals surface area contributed by atoms with Crippen LogP contribution in [0.3, 0.4) is 0 Å². The second kappa shape index (κ2) is 6.96. The molecule has 0 radical (unpaired) electrons. The molecule has 0 unspecified atom stereocenters. The number of carbonyl (C=O) groups is 1. The number of thiophene rings is 1. The Kier molecular flexibility index (Phi) is 4.49. The number of amides is 1. The Morgan fingerprint density at radius 2 is 1.93 bits per heavy atom. The third-order valence-corrected chi connectivity index (χ3v) is 5.40. The van der Waals surface area contributed by atoms with Gasteiger partial charge in [-0.05, 0) is 56.0 Å². The molecule has 4 aromatic rings. The summed E-state index contributed by atoms with van der Waals surface area (Å²) in [6.45, 7) is 6.52. The van der Waals surface area contributed by atoms with Gasteiger partial charge >= 0.3 is 0 Å². The molecule has 0 aliphatic carbocycles. The molecule has 27 heavy (non-hydrogen) atoms. The molecule has 5 nitrogen and oxygen atoms in total. The summed E-state index contributed by atoms with van der Waals surface area (Å²) < 4.78 is 1.81. The highest BCUT2D eigenvalue weighted by atomic mass is 32.1. The van der Waals surface area contributed by atoms with Crippen LogP contribution in [0.4, 0.5) is 0 Å². The van der Waals surface area contributed by atoms with Crippen molar-refractivity contribution < 1.29 is 4.79 Å². The Bertz CT molecular complexity index is 1110. The Morgan fingerprint density at radius 1 is 1.15 bits per heavy atom. The lowest BCUT2D eigenvalue weighted by molar-refractivity contribution is 0.0946. The molecule has 0 saturated carbocycles. The molecule has 0 aliphatic rings. The molecule has 0 aliphatic heterocycles. The fourth-order valence-electron chi connectivity index (χ4n) is 3.16. The lowest BCUT2D eigenvalue weighted by atomic mass is 10.1. The second-order valence-corrected chi connectivity index (χ2v) is 7.65. The maximum atomic E-state index is 12.6. The highest BCUT2D eigenvalue weighted by molar-refractivity contribution is 7.09. The van der Waals surface area contributed by atoms with Crippen molar-refractivity contribution >= 4 is 28.3 Å². The first-order valence-electron chi connectivity index (χ1n) is 8.77. The van der Waals surface area contributed by atoms with Crippen molar-refractivity contribution in [3.05, 3.63) is 75.2 Å². The first-order chi connectivity index (χ1) is 13.0. The third kappa shape index (κ3) is 3.36. The smallest absolute Gasteiger partial charge is 0.270 e. The van der Waals surface area contributed by atoms with Crippen molar-refractivity contribution in [2.24, 2.45) is 0 Å². The van der Waals surface area contributed by atoms with E-state index in [9.17, 15) is 4.79 Å². The zero-order valence-corrected chi connectivity index (χ0v) is 16.3. The summed E-state index contributed by atoms with van der Waals surface area (Å²) in [5.41, 5.74) is 5.13. The van der Waals surface area contributed by atoms with Gasteiger partial charge in [-0.25, -0.2) is 9.67 Å². The van der Waals surface area contributed by atoms with E-state index in [-0.39, 0.29) is 5.91 Å². The van der Waals surface area contributed by atoms with Gasteiger partial charge in [-0.3, -0.25) is 4.79 Å². The number of aryl methyl sites for hydroxylation is 3. The van der Waals surface area contributed by atoms with E-state index in [0.29, 0.717) is 17.9 Å². The molecule has 1 N–H and O–H groups in total. The van der Waals surface area contributed by atoms with Gasteiger partial charge in [0, 0.05) is 10.3 Å². The number of fused-ring (bicyclic) bond motifs is 1. The van der Waals surface area contributed by atoms with Gasteiger partial charge in [0.2, 0.25) is 0 Å². The van der Waals surface area contributed by atoms with Crippen LogP contribution in [-0.2, 0) is 6.54 Å². The number of hydrogen-bond donors (Lipinski definition) is 1. The lowest BCUT2D eigenvalue weighted by Crippen LogP contribution is -2.23. The average molecular weight is 376 g/mol. The highest BCUT2D eigenvalue weighted by Crippen LogP contribution is 2.24. The Labute approximate surface area is 161 Å². The van der Waals surface area contributed by atoms with Crippen LogP contribution in [0, 0.1) is 20.8 Å². The average Bonchev–Trinajstić information content (AvgIpc) is 3.28. The molecule has 0 bridgehead atoms. The van der Waals surface area contributed by atoms with E-state index in [1.54, 1.807) is 11.3 Å². The van der Waals surface area contributed by atoms with Crippen LogP contribution in [0.25, 0.3) is 16.7 Å². The van der Waals surface area contributed by atoms with Gasteiger partial charge in [0.25, 0.3) is 5.91 Å². The fourth-order valence-corrected chi connectivity index (χ4v) is 3.80. The van der Waals surface area contributed by atoms with Crippen LogP contribution in [0.2, 0.25) is 0 Å². The third-order valence-electron chi connectivity index (χ3n) is 4.52. The number of rotatable bonds is 4. The van der Waals surface area contributed by atoms with Crippen LogP contribution in [0.5, 0.6) is 0 Å². The quantitative estimate of drug-likeness (QED) is 0.576. The number of aromatic nitrogens is 3. The maximum absolute atomic E-state index is 12.6. The summed E-state index contributed by atoms with van der Waals surface area (Å²) in [4.78, 5) is 18.4. The first-order valence-corrected chi connectivity index (χ1v) is 9.65. The SMILES string of the molecule is Cc1ccc(-n2nc(C)c3c(C)cc(C(=O)NCc4cccs4)nc32)cc1. The number of hydrogen-bond acceptors (Lipinski definition) is 4. The van der Waals surface area contributed by atoms with Crippen molar-refractivity contribution in [3.8, 4) is 5.69 Å². The molecule has 4 rings (SSSR count). The molecule has 1 aromatic carbocycles. The predicted octanol–water partition coefficient (Wildman–Crippen LogP) is 4.34. The molecule has 0 atom stereocenters. The van der Waals surface area contributed by atoms with Gasteiger partial charge in [0.05, 0.1) is 17.9 Å². The normalized spacial score (nSPS) is 11.1. The van der Waals surface area contributed by atoms with Gasteiger partial charge < -0.3 is 5.32 Å². The Morgan fingerprint density at radius 3 is 2.63 bits per heavy atom. The van der Waals surface area contributed by atoms with Crippen molar-refractivity contribution in [2.45, 2.75) is 27.3 Å². The zero-order chi connectivity index (χ0) is 19.0. The summed E-state index contributed by atoms with van der Waals surface area (Å²) in [7, 11) is 0. The number of pyridine rings is 1. The van der Waals surface area contributed by atoms with Gasteiger partial charge in [-0.15, -0.1) is 11.3 Å². The molecule has 0 spiro atoms. The molecule has 3 heterocycles. The summed E-state index contributed by atoms with van der Waals surface area (Å²) in [5, 5.41) is 10.6. The number of benzene rings is 1. The van der Waals surface area contributed by atoms with E-state index >= 15 is 0 Å². The lowest BCUT2D eigenvalue weighted by Gasteiger charge is -2.07. The molecule has 0 fully saturated rings. The minimum absolute atomic E-state index is 0.178. The molecule has 1 amide bonds. The molecule has 136 valence electrons. The fraction of sp³-hybridized carbons (Fsp3) is 0.190. The van der Waals surface area contributed by atoms with E-state index in [1.807, 2.05) is 66.4 Å². The predicted molar refractivity (Wildman–Crippen MR) is 109 cm³/mol. The summed E-state index contributed by atoms with van der Waals surface area (Å²) >= 11 is 1.62. The van der Waals surface area contributed by atoms with Crippen LogP contribution < -0.4 is 5.32 Å². The van der Waals surface area contributed by atoms with Crippen molar-refractivity contribution in [3.63, 3.8) is 0 Å².